The summed E-state index contributed by atoms with van der Waals surface area (Å²) in [4.78, 5) is 20.0. The fourth-order valence-corrected chi connectivity index (χ4v) is 1.84. The lowest BCUT2D eigenvalue weighted by Crippen LogP contribution is -2.14. The van der Waals surface area contributed by atoms with Gasteiger partial charge in [-0.05, 0) is 40.5 Å². The predicted molar refractivity (Wildman–Crippen MR) is 78.3 cm³/mol. The van der Waals surface area contributed by atoms with Crippen LogP contribution in [0.3, 0.4) is 0 Å². The number of rotatable bonds is 2. The van der Waals surface area contributed by atoms with E-state index in [1.54, 1.807) is 12.3 Å². The number of nitrogen functional groups attached to an aromatic ring is 1. The van der Waals surface area contributed by atoms with Gasteiger partial charge in [-0.2, -0.15) is 0 Å². The molecule has 1 amide bonds. The average Bonchev–Trinajstić information content (AvgIpc) is 2.36. The van der Waals surface area contributed by atoms with Crippen LogP contribution in [0, 0.1) is 6.92 Å². The minimum Gasteiger partial charge on any atom is -0.397 e. The summed E-state index contributed by atoms with van der Waals surface area (Å²) in [6.45, 7) is 1.88. The molecule has 19 heavy (non-hydrogen) atoms. The van der Waals surface area contributed by atoms with Crippen molar-refractivity contribution in [2.24, 2.45) is 0 Å². The molecule has 2 rings (SSSR count). The zero-order chi connectivity index (χ0) is 14.0. The number of carbonyl (C=O) groups excluding carboxylic acids is 1. The first-order valence-electron chi connectivity index (χ1n) is 5.32. The monoisotopic (exact) mass is 340 g/mol. The molecule has 0 aliphatic rings. The molecule has 3 N–H and O–H groups in total. The Morgan fingerprint density at radius 2 is 2.11 bits per heavy atom. The number of hydrogen-bond donors (Lipinski definition) is 2. The number of nitrogens with one attached hydrogen (secondary N) is 1. The lowest BCUT2D eigenvalue weighted by atomic mass is 10.2. The fraction of sp³-hybridized carbons (Fsp3) is 0.0833. The molecular formula is C12H10BrClN4O. The first-order chi connectivity index (χ1) is 8.97. The van der Waals surface area contributed by atoms with Crippen LogP contribution < -0.4 is 11.1 Å². The Morgan fingerprint density at radius 3 is 2.79 bits per heavy atom. The van der Waals surface area contributed by atoms with Crippen LogP contribution in [0.4, 0.5) is 11.4 Å². The zero-order valence-electron chi connectivity index (χ0n) is 9.95. The molecule has 0 bridgehead atoms. The summed E-state index contributed by atoms with van der Waals surface area (Å²) in [5.41, 5.74) is 7.74. The largest absolute Gasteiger partial charge is 0.397 e. The van der Waals surface area contributed by atoms with Crippen molar-refractivity contribution in [2.45, 2.75) is 6.92 Å². The Balaban J connectivity index is 2.25. The molecule has 5 nitrogen and oxygen atoms in total. The molecule has 0 radical (unpaired) electrons. The molecule has 7 heteroatoms. The van der Waals surface area contributed by atoms with Crippen LogP contribution in [-0.4, -0.2) is 15.9 Å². The van der Waals surface area contributed by atoms with Gasteiger partial charge in [0.15, 0.2) is 0 Å². The van der Waals surface area contributed by atoms with Gasteiger partial charge < -0.3 is 11.1 Å². The molecule has 0 unspecified atom stereocenters. The van der Waals surface area contributed by atoms with Gasteiger partial charge in [0.2, 0.25) is 0 Å². The lowest BCUT2D eigenvalue weighted by Gasteiger charge is -2.08. The second kappa shape index (κ2) is 5.54. The quantitative estimate of drug-likeness (QED) is 0.823. The van der Waals surface area contributed by atoms with Crippen molar-refractivity contribution in [1.82, 2.24) is 9.97 Å². The molecule has 0 aromatic carbocycles. The number of halogens is 2. The number of anilines is 2. The summed E-state index contributed by atoms with van der Waals surface area (Å²) < 4.78 is 0.733. The molecule has 2 aromatic heterocycles. The van der Waals surface area contributed by atoms with Gasteiger partial charge >= 0.3 is 0 Å². The highest BCUT2D eigenvalue weighted by Crippen LogP contribution is 2.19. The van der Waals surface area contributed by atoms with Gasteiger partial charge in [-0.15, -0.1) is 0 Å². The van der Waals surface area contributed by atoms with Crippen molar-refractivity contribution in [3.63, 3.8) is 0 Å². The van der Waals surface area contributed by atoms with Crippen molar-refractivity contribution < 1.29 is 4.79 Å². The Morgan fingerprint density at radius 1 is 1.37 bits per heavy atom. The topological polar surface area (TPSA) is 80.9 Å². The van der Waals surface area contributed by atoms with E-state index in [2.05, 4.69) is 31.2 Å². The highest BCUT2D eigenvalue weighted by Gasteiger charge is 2.12. The van der Waals surface area contributed by atoms with Gasteiger partial charge in [-0.3, -0.25) is 4.79 Å². The summed E-state index contributed by atoms with van der Waals surface area (Å²) >= 11 is 9.04. The van der Waals surface area contributed by atoms with Gasteiger partial charge in [-0.25, -0.2) is 9.97 Å². The minimum atomic E-state index is -0.356. The number of hydrogen-bond acceptors (Lipinski definition) is 4. The smallest absolute Gasteiger partial charge is 0.257 e. The number of carbonyl (C=O) groups is 1. The minimum absolute atomic E-state index is 0.212. The Bertz CT molecular complexity index is 648. The van der Waals surface area contributed by atoms with Crippen LogP contribution in [0.5, 0.6) is 0 Å². The Kier molecular flexibility index (Phi) is 4.01. The maximum atomic E-state index is 12.1. The molecule has 98 valence electrons. The van der Waals surface area contributed by atoms with E-state index in [9.17, 15) is 4.79 Å². The molecule has 0 saturated carbocycles. The highest BCUT2D eigenvalue weighted by atomic mass is 79.9. The normalized spacial score (nSPS) is 10.3. The first-order valence-corrected chi connectivity index (χ1v) is 6.49. The average molecular weight is 342 g/mol. The van der Waals surface area contributed by atoms with Gasteiger partial charge in [0.25, 0.3) is 5.91 Å². The molecule has 0 fully saturated rings. The first kappa shape index (κ1) is 13.8. The van der Waals surface area contributed by atoms with E-state index < -0.39 is 0 Å². The Labute approximate surface area is 123 Å². The lowest BCUT2D eigenvalue weighted by molar-refractivity contribution is 0.102. The van der Waals surface area contributed by atoms with Crippen molar-refractivity contribution >= 4 is 44.8 Å². The molecule has 2 aromatic rings. The van der Waals surface area contributed by atoms with E-state index in [4.69, 9.17) is 17.3 Å². The fourth-order valence-electron chi connectivity index (χ4n) is 1.46. The highest BCUT2D eigenvalue weighted by molar-refractivity contribution is 9.10. The number of amides is 1. The third-order valence-corrected chi connectivity index (χ3v) is 3.46. The number of nitrogens with zero attached hydrogens (tertiary/aromatic N) is 2. The van der Waals surface area contributed by atoms with E-state index >= 15 is 0 Å². The van der Waals surface area contributed by atoms with E-state index in [1.807, 2.05) is 6.92 Å². The van der Waals surface area contributed by atoms with Crippen molar-refractivity contribution in [3.8, 4) is 0 Å². The summed E-state index contributed by atoms with van der Waals surface area (Å²) in [7, 11) is 0. The van der Waals surface area contributed by atoms with Crippen LogP contribution in [0.1, 0.15) is 15.9 Å². The zero-order valence-corrected chi connectivity index (χ0v) is 12.3. The molecular weight excluding hydrogens is 332 g/mol. The SMILES string of the molecule is Cc1cc(NC(=O)c2cc(Cl)ncc2N)cnc1Br. The molecule has 0 aliphatic carbocycles. The second-order valence-electron chi connectivity index (χ2n) is 3.88. The van der Waals surface area contributed by atoms with Crippen molar-refractivity contribution in [2.75, 3.05) is 11.1 Å². The van der Waals surface area contributed by atoms with E-state index in [0.717, 1.165) is 10.2 Å². The molecule has 0 aliphatic heterocycles. The van der Waals surface area contributed by atoms with E-state index in [0.29, 0.717) is 5.69 Å². The molecule has 2 heterocycles. The summed E-state index contributed by atoms with van der Waals surface area (Å²) in [6, 6.07) is 3.22. The van der Waals surface area contributed by atoms with Gasteiger partial charge in [0.1, 0.15) is 9.76 Å². The predicted octanol–water partition coefficient (Wildman–Crippen LogP) is 3.04. The second-order valence-corrected chi connectivity index (χ2v) is 5.02. The van der Waals surface area contributed by atoms with E-state index in [1.165, 1.54) is 12.3 Å². The van der Waals surface area contributed by atoms with Crippen molar-refractivity contribution in [3.05, 3.63) is 45.4 Å². The van der Waals surface area contributed by atoms with Crippen molar-refractivity contribution in [1.29, 1.82) is 0 Å². The number of aryl methyl sites for hydroxylation is 1. The van der Waals surface area contributed by atoms with Gasteiger partial charge in [0.05, 0.1) is 29.3 Å². The summed E-state index contributed by atoms with van der Waals surface area (Å²) in [6.07, 6.45) is 2.90. The molecule has 0 atom stereocenters. The maximum absolute atomic E-state index is 12.1. The summed E-state index contributed by atoms with van der Waals surface area (Å²) in [5, 5.41) is 2.92. The number of nitrogens with two attached hydrogens (primary N) is 1. The standard InChI is InChI=1S/C12H10BrClN4O/c1-6-2-7(4-17-11(6)13)18-12(19)8-3-10(14)16-5-9(8)15/h2-5H,15H2,1H3,(H,18,19). The van der Waals surface area contributed by atoms with Gasteiger partial charge in [0, 0.05) is 0 Å². The molecule has 0 spiro atoms. The van der Waals surface area contributed by atoms with Gasteiger partial charge in [-0.1, -0.05) is 11.6 Å². The van der Waals surface area contributed by atoms with E-state index in [-0.39, 0.29) is 22.3 Å². The number of aromatic nitrogens is 2. The van der Waals surface area contributed by atoms with Crippen LogP contribution in [-0.2, 0) is 0 Å². The van der Waals surface area contributed by atoms with Crippen LogP contribution in [0.25, 0.3) is 0 Å². The summed E-state index contributed by atoms with van der Waals surface area (Å²) in [5.74, 6) is -0.356. The maximum Gasteiger partial charge on any atom is 0.257 e. The van der Waals surface area contributed by atoms with Crippen LogP contribution in [0.15, 0.2) is 29.1 Å². The number of pyridine rings is 2. The van der Waals surface area contributed by atoms with Crippen LogP contribution in [0.2, 0.25) is 5.15 Å². The Hall–Kier alpha value is -1.66. The third kappa shape index (κ3) is 3.21. The van der Waals surface area contributed by atoms with Crippen LogP contribution >= 0.6 is 27.5 Å². The third-order valence-electron chi connectivity index (χ3n) is 2.42. The molecule has 0 saturated heterocycles.